The second-order valence-corrected chi connectivity index (χ2v) is 3.95. The molecule has 1 N–H and O–H groups in total. The van der Waals surface area contributed by atoms with Gasteiger partial charge in [-0.25, -0.2) is 5.01 Å². The maximum absolute atomic E-state index is 5.37. The van der Waals surface area contributed by atoms with Crippen molar-refractivity contribution >= 4 is 5.82 Å². The van der Waals surface area contributed by atoms with E-state index >= 15 is 0 Å². The first-order valence-electron chi connectivity index (χ1n) is 6.00. The fourth-order valence-electron chi connectivity index (χ4n) is 1.87. The summed E-state index contributed by atoms with van der Waals surface area (Å²) in [6.45, 7) is 4.81. The van der Waals surface area contributed by atoms with Crippen LogP contribution in [-0.4, -0.2) is 29.7 Å². The van der Waals surface area contributed by atoms with Crippen molar-refractivity contribution in [3.8, 4) is 5.88 Å². The number of anilines is 1. The molecule has 4 nitrogen and oxygen atoms in total. The van der Waals surface area contributed by atoms with Crippen molar-refractivity contribution in [2.45, 2.75) is 26.2 Å². The summed E-state index contributed by atoms with van der Waals surface area (Å²) < 4.78 is 5.37. The summed E-state index contributed by atoms with van der Waals surface area (Å²) in [7, 11) is 0. The minimum atomic E-state index is 0.653. The number of aromatic nitrogens is 1. The molecule has 4 heteroatoms. The quantitative estimate of drug-likeness (QED) is 0.846. The Morgan fingerprint density at radius 3 is 2.88 bits per heavy atom. The van der Waals surface area contributed by atoms with E-state index in [0.717, 1.165) is 18.9 Å². The van der Waals surface area contributed by atoms with E-state index in [1.165, 1.54) is 19.3 Å². The zero-order chi connectivity index (χ0) is 11.2. The van der Waals surface area contributed by atoms with Crippen molar-refractivity contribution in [3.05, 3.63) is 18.2 Å². The summed E-state index contributed by atoms with van der Waals surface area (Å²) in [6.07, 6.45) is 3.86. The van der Waals surface area contributed by atoms with Crippen molar-refractivity contribution in [3.63, 3.8) is 0 Å². The van der Waals surface area contributed by atoms with E-state index in [4.69, 9.17) is 4.74 Å². The third-order valence-electron chi connectivity index (χ3n) is 2.64. The van der Waals surface area contributed by atoms with E-state index < -0.39 is 0 Å². The number of hydrogen-bond acceptors (Lipinski definition) is 4. The van der Waals surface area contributed by atoms with Gasteiger partial charge in [0.05, 0.1) is 6.61 Å². The van der Waals surface area contributed by atoms with Crippen LogP contribution in [0, 0.1) is 0 Å². The Morgan fingerprint density at radius 1 is 1.31 bits per heavy atom. The monoisotopic (exact) mass is 221 g/mol. The molecule has 88 valence electrons. The molecule has 0 spiro atoms. The Labute approximate surface area is 96.6 Å². The van der Waals surface area contributed by atoms with Gasteiger partial charge in [-0.15, -0.1) is 0 Å². The zero-order valence-corrected chi connectivity index (χ0v) is 9.78. The molecule has 1 aliphatic rings. The van der Waals surface area contributed by atoms with Gasteiger partial charge in [-0.3, -0.25) is 0 Å². The Balaban J connectivity index is 1.94. The van der Waals surface area contributed by atoms with E-state index in [0.29, 0.717) is 12.5 Å². The lowest BCUT2D eigenvalue weighted by molar-refractivity contribution is 0.271. The average Bonchev–Trinajstić information content (AvgIpc) is 2.31. The highest BCUT2D eigenvalue weighted by atomic mass is 16.5. The van der Waals surface area contributed by atoms with E-state index in [1.807, 2.05) is 25.1 Å². The van der Waals surface area contributed by atoms with Gasteiger partial charge >= 0.3 is 0 Å². The molecule has 0 aliphatic carbocycles. The van der Waals surface area contributed by atoms with Gasteiger partial charge < -0.3 is 10.2 Å². The van der Waals surface area contributed by atoms with Crippen LogP contribution in [0.25, 0.3) is 0 Å². The molecule has 2 heterocycles. The fourth-order valence-corrected chi connectivity index (χ4v) is 1.87. The molecule has 0 radical (unpaired) electrons. The van der Waals surface area contributed by atoms with Crippen LogP contribution in [0.5, 0.6) is 5.88 Å². The van der Waals surface area contributed by atoms with Crippen molar-refractivity contribution in [1.82, 2.24) is 9.99 Å². The molecule has 0 unspecified atom stereocenters. The first-order valence-corrected chi connectivity index (χ1v) is 6.00. The molecule has 0 bridgehead atoms. The summed E-state index contributed by atoms with van der Waals surface area (Å²) in [5.41, 5.74) is 3.32. The Morgan fingerprint density at radius 2 is 2.12 bits per heavy atom. The van der Waals surface area contributed by atoms with Crippen LogP contribution in [0.15, 0.2) is 18.2 Å². The summed E-state index contributed by atoms with van der Waals surface area (Å²) in [5.74, 6) is 1.55. The van der Waals surface area contributed by atoms with Gasteiger partial charge in [0.1, 0.15) is 5.82 Å². The van der Waals surface area contributed by atoms with Crippen LogP contribution < -0.4 is 10.2 Å². The molecule has 0 atom stereocenters. The smallest absolute Gasteiger partial charge is 0.215 e. The predicted molar refractivity (Wildman–Crippen MR) is 64.5 cm³/mol. The van der Waals surface area contributed by atoms with Gasteiger partial charge in [0, 0.05) is 19.2 Å². The van der Waals surface area contributed by atoms with Gasteiger partial charge in [-0.05, 0) is 25.8 Å². The lowest BCUT2D eigenvalue weighted by Gasteiger charge is -2.27. The third kappa shape index (κ3) is 3.10. The van der Waals surface area contributed by atoms with Crippen molar-refractivity contribution in [1.29, 1.82) is 0 Å². The zero-order valence-electron chi connectivity index (χ0n) is 9.78. The van der Waals surface area contributed by atoms with Gasteiger partial charge in [0.2, 0.25) is 5.88 Å². The molecule has 1 saturated heterocycles. The number of rotatable bonds is 4. The maximum atomic E-state index is 5.37. The minimum absolute atomic E-state index is 0.653. The molecule has 2 rings (SSSR count). The Bertz CT molecular complexity index is 324. The second kappa shape index (κ2) is 5.70. The first kappa shape index (κ1) is 11.2. The molecule has 0 saturated carbocycles. The molecule has 1 aliphatic heterocycles. The number of ether oxygens (including phenoxy) is 1. The van der Waals surface area contributed by atoms with Gasteiger partial charge in [-0.2, -0.15) is 4.98 Å². The molecule has 0 amide bonds. The first-order chi connectivity index (χ1) is 7.88. The lowest BCUT2D eigenvalue weighted by Crippen LogP contribution is -2.35. The summed E-state index contributed by atoms with van der Waals surface area (Å²) in [4.78, 5) is 4.38. The van der Waals surface area contributed by atoms with Gasteiger partial charge in [-0.1, -0.05) is 12.5 Å². The van der Waals surface area contributed by atoms with Crippen LogP contribution in [0.1, 0.15) is 26.2 Å². The molecule has 16 heavy (non-hydrogen) atoms. The molecule has 1 aromatic heterocycles. The highest BCUT2D eigenvalue weighted by Crippen LogP contribution is 2.14. The molecular formula is C12H19N3O. The number of piperidine rings is 1. The standard InChI is InChI=1S/C12H19N3O/c1-2-16-12-8-6-7-11(13-12)14-15-9-4-3-5-10-15/h6-8H,2-5,9-10H2,1H3,(H,13,14). The minimum Gasteiger partial charge on any atom is -0.478 e. The fraction of sp³-hybridized carbons (Fsp3) is 0.583. The maximum Gasteiger partial charge on any atom is 0.215 e. The number of hydrogen-bond donors (Lipinski definition) is 1. The number of hydrazine groups is 1. The Kier molecular flexibility index (Phi) is 3.99. The summed E-state index contributed by atoms with van der Waals surface area (Å²) in [6, 6.07) is 5.81. The van der Waals surface area contributed by atoms with Crippen LogP contribution in [0.3, 0.4) is 0 Å². The second-order valence-electron chi connectivity index (χ2n) is 3.95. The molecule has 1 fully saturated rings. The van der Waals surface area contributed by atoms with Crippen LogP contribution >= 0.6 is 0 Å². The van der Waals surface area contributed by atoms with Crippen molar-refractivity contribution in [2.75, 3.05) is 25.1 Å². The number of nitrogens with zero attached hydrogens (tertiary/aromatic N) is 2. The molecular weight excluding hydrogens is 202 g/mol. The van der Waals surface area contributed by atoms with E-state index in [2.05, 4.69) is 15.4 Å². The normalized spacial score (nSPS) is 17.1. The SMILES string of the molecule is CCOc1cccc(NN2CCCCC2)n1. The van der Waals surface area contributed by atoms with Crippen LogP contribution in [0.4, 0.5) is 5.82 Å². The average molecular weight is 221 g/mol. The molecule has 0 aromatic carbocycles. The summed E-state index contributed by atoms with van der Waals surface area (Å²) in [5, 5.41) is 2.22. The highest BCUT2D eigenvalue weighted by molar-refractivity contribution is 5.36. The predicted octanol–water partition coefficient (Wildman–Crippen LogP) is 2.29. The van der Waals surface area contributed by atoms with Crippen molar-refractivity contribution in [2.24, 2.45) is 0 Å². The molecule has 1 aromatic rings. The summed E-state index contributed by atoms with van der Waals surface area (Å²) >= 11 is 0. The Hall–Kier alpha value is -1.29. The van der Waals surface area contributed by atoms with E-state index in [1.54, 1.807) is 0 Å². The van der Waals surface area contributed by atoms with Crippen LogP contribution in [0.2, 0.25) is 0 Å². The topological polar surface area (TPSA) is 37.4 Å². The lowest BCUT2D eigenvalue weighted by atomic mass is 10.2. The van der Waals surface area contributed by atoms with E-state index in [-0.39, 0.29) is 0 Å². The van der Waals surface area contributed by atoms with Gasteiger partial charge in [0.25, 0.3) is 0 Å². The van der Waals surface area contributed by atoms with Crippen LogP contribution in [-0.2, 0) is 0 Å². The van der Waals surface area contributed by atoms with Crippen molar-refractivity contribution < 1.29 is 4.74 Å². The van der Waals surface area contributed by atoms with Gasteiger partial charge in [0.15, 0.2) is 0 Å². The number of nitrogens with one attached hydrogen (secondary N) is 1. The van der Waals surface area contributed by atoms with E-state index in [9.17, 15) is 0 Å². The largest absolute Gasteiger partial charge is 0.478 e. The third-order valence-corrected chi connectivity index (χ3v) is 2.64. The highest BCUT2D eigenvalue weighted by Gasteiger charge is 2.10. The number of pyridine rings is 1.